The molecule has 3 rings (SSSR count). The molecule has 5 heteroatoms. The van der Waals surface area contributed by atoms with Gasteiger partial charge in [0.25, 0.3) is 5.91 Å². The third kappa shape index (κ3) is 3.36. The van der Waals surface area contributed by atoms with Crippen molar-refractivity contribution in [2.75, 3.05) is 0 Å². The van der Waals surface area contributed by atoms with Crippen molar-refractivity contribution in [3.63, 3.8) is 0 Å². The van der Waals surface area contributed by atoms with Crippen LogP contribution in [0, 0.1) is 0 Å². The van der Waals surface area contributed by atoms with Gasteiger partial charge in [0, 0.05) is 11.1 Å². The highest BCUT2D eigenvalue weighted by molar-refractivity contribution is 6.43. The molecule has 0 heterocycles. The van der Waals surface area contributed by atoms with Crippen LogP contribution in [0.2, 0.25) is 10.0 Å². The molecule has 0 saturated carbocycles. The summed E-state index contributed by atoms with van der Waals surface area (Å²) in [5.41, 5.74) is 3.72. The molecule has 0 atom stereocenters. The Morgan fingerprint density at radius 3 is 2.57 bits per heavy atom. The number of nitrogens with one attached hydrogen (secondary N) is 1. The van der Waals surface area contributed by atoms with Gasteiger partial charge in [-0.05, 0) is 22.9 Å². The molecule has 1 amide bonds. The SMILES string of the molecule is O=C(N/N=C/c1cccc(Cl)c1Cl)c1cccc2ccccc12. The maximum absolute atomic E-state index is 12.3. The van der Waals surface area contributed by atoms with Crippen LogP contribution in [0.3, 0.4) is 0 Å². The minimum absolute atomic E-state index is 0.281. The van der Waals surface area contributed by atoms with Crippen LogP contribution in [0.25, 0.3) is 10.8 Å². The third-order valence-electron chi connectivity index (χ3n) is 3.39. The summed E-state index contributed by atoms with van der Waals surface area (Å²) in [6.07, 6.45) is 1.47. The molecule has 0 bridgehead atoms. The Morgan fingerprint density at radius 2 is 1.70 bits per heavy atom. The maximum Gasteiger partial charge on any atom is 0.271 e. The zero-order chi connectivity index (χ0) is 16.2. The van der Waals surface area contributed by atoms with E-state index in [9.17, 15) is 4.79 Å². The smallest absolute Gasteiger partial charge is 0.267 e. The lowest BCUT2D eigenvalue weighted by atomic mass is 10.0. The molecule has 0 radical (unpaired) electrons. The van der Waals surface area contributed by atoms with E-state index >= 15 is 0 Å². The summed E-state index contributed by atoms with van der Waals surface area (Å²) in [4.78, 5) is 12.3. The fourth-order valence-electron chi connectivity index (χ4n) is 2.26. The van der Waals surface area contributed by atoms with Crippen LogP contribution in [0.1, 0.15) is 15.9 Å². The van der Waals surface area contributed by atoms with E-state index in [1.807, 2.05) is 36.4 Å². The molecule has 3 nitrogen and oxygen atoms in total. The van der Waals surface area contributed by atoms with Crippen molar-refractivity contribution < 1.29 is 4.79 Å². The molecule has 0 aliphatic carbocycles. The molecule has 0 unspecified atom stereocenters. The molecule has 3 aromatic rings. The number of halogens is 2. The molecule has 0 aliphatic rings. The number of nitrogens with zero attached hydrogens (tertiary/aromatic N) is 1. The summed E-state index contributed by atoms with van der Waals surface area (Å²) in [5, 5.41) is 6.68. The van der Waals surface area contributed by atoms with Crippen LogP contribution in [0.15, 0.2) is 65.8 Å². The van der Waals surface area contributed by atoms with Crippen molar-refractivity contribution in [1.29, 1.82) is 0 Å². The van der Waals surface area contributed by atoms with Crippen LogP contribution >= 0.6 is 23.2 Å². The molecule has 1 N–H and O–H groups in total. The fraction of sp³-hybridized carbons (Fsp3) is 0. The standard InChI is InChI=1S/C18H12Cl2N2O/c19-16-10-4-7-13(17(16)20)11-21-22-18(23)15-9-3-6-12-5-1-2-8-14(12)15/h1-11H,(H,22,23)/b21-11+. The van der Waals surface area contributed by atoms with Gasteiger partial charge >= 0.3 is 0 Å². The largest absolute Gasteiger partial charge is 0.271 e. The summed E-state index contributed by atoms with van der Waals surface area (Å²) in [6, 6.07) is 18.5. The Bertz CT molecular complexity index is 901. The Labute approximate surface area is 143 Å². The molecule has 3 aromatic carbocycles. The summed E-state index contributed by atoms with van der Waals surface area (Å²) in [5.74, 6) is -0.281. The number of benzene rings is 3. The number of carbonyl (C=O) groups is 1. The number of carbonyl (C=O) groups excluding carboxylic acids is 1. The van der Waals surface area contributed by atoms with E-state index in [1.54, 1.807) is 24.3 Å². The van der Waals surface area contributed by atoms with Gasteiger partial charge in [0.05, 0.1) is 16.3 Å². The van der Waals surface area contributed by atoms with Crippen molar-refractivity contribution >= 4 is 46.1 Å². The maximum atomic E-state index is 12.3. The molecule has 23 heavy (non-hydrogen) atoms. The van der Waals surface area contributed by atoms with Gasteiger partial charge in [-0.3, -0.25) is 4.79 Å². The number of hydrogen-bond acceptors (Lipinski definition) is 2. The summed E-state index contributed by atoms with van der Waals surface area (Å²) in [6.45, 7) is 0. The van der Waals surface area contributed by atoms with E-state index in [2.05, 4.69) is 10.5 Å². The second-order valence-corrected chi connectivity index (χ2v) is 5.65. The fourth-order valence-corrected chi connectivity index (χ4v) is 2.62. The first kappa shape index (κ1) is 15.5. The van der Waals surface area contributed by atoms with Crippen LogP contribution < -0.4 is 5.43 Å². The normalized spacial score (nSPS) is 11.0. The van der Waals surface area contributed by atoms with Gasteiger partial charge in [0.2, 0.25) is 0 Å². The predicted molar refractivity (Wildman–Crippen MR) is 95.5 cm³/mol. The van der Waals surface area contributed by atoms with Crippen LogP contribution in [-0.2, 0) is 0 Å². The highest BCUT2D eigenvalue weighted by Crippen LogP contribution is 2.24. The lowest BCUT2D eigenvalue weighted by Crippen LogP contribution is -2.17. The zero-order valence-electron chi connectivity index (χ0n) is 12.0. The van der Waals surface area contributed by atoms with Crippen LogP contribution in [-0.4, -0.2) is 12.1 Å². The molecular formula is C18H12Cl2N2O. The number of amides is 1. The average Bonchev–Trinajstić information content (AvgIpc) is 2.58. The van der Waals surface area contributed by atoms with Crippen molar-refractivity contribution in [2.45, 2.75) is 0 Å². The molecular weight excluding hydrogens is 331 g/mol. The van der Waals surface area contributed by atoms with E-state index in [0.717, 1.165) is 10.8 Å². The molecule has 0 spiro atoms. The number of fused-ring (bicyclic) bond motifs is 1. The van der Waals surface area contributed by atoms with Crippen molar-refractivity contribution in [2.24, 2.45) is 5.10 Å². The molecule has 0 fully saturated rings. The van der Waals surface area contributed by atoms with Crippen LogP contribution in [0.4, 0.5) is 0 Å². The van der Waals surface area contributed by atoms with Gasteiger partial charge in [0.15, 0.2) is 0 Å². The Balaban J connectivity index is 1.81. The van der Waals surface area contributed by atoms with Gasteiger partial charge in [-0.1, -0.05) is 71.7 Å². The summed E-state index contributed by atoms with van der Waals surface area (Å²) in [7, 11) is 0. The number of rotatable bonds is 3. The minimum Gasteiger partial charge on any atom is -0.267 e. The van der Waals surface area contributed by atoms with E-state index in [4.69, 9.17) is 23.2 Å². The Hall–Kier alpha value is -2.36. The van der Waals surface area contributed by atoms with E-state index in [-0.39, 0.29) is 5.91 Å². The Morgan fingerprint density at radius 1 is 0.957 bits per heavy atom. The highest BCUT2D eigenvalue weighted by atomic mass is 35.5. The van der Waals surface area contributed by atoms with E-state index in [1.165, 1.54) is 6.21 Å². The topological polar surface area (TPSA) is 41.5 Å². The second kappa shape index (κ2) is 6.82. The third-order valence-corrected chi connectivity index (χ3v) is 4.22. The molecule has 0 saturated heterocycles. The Kier molecular flexibility index (Phi) is 4.60. The van der Waals surface area contributed by atoms with Crippen LogP contribution in [0.5, 0.6) is 0 Å². The van der Waals surface area contributed by atoms with Crippen molar-refractivity contribution in [3.8, 4) is 0 Å². The van der Waals surface area contributed by atoms with E-state index in [0.29, 0.717) is 21.2 Å². The molecule has 0 aromatic heterocycles. The first-order chi connectivity index (χ1) is 11.2. The molecule has 114 valence electrons. The average molecular weight is 343 g/mol. The number of hydrazone groups is 1. The van der Waals surface area contributed by atoms with Gasteiger partial charge in [-0.15, -0.1) is 0 Å². The quantitative estimate of drug-likeness (QED) is 0.533. The van der Waals surface area contributed by atoms with Crippen molar-refractivity contribution in [1.82, 2.24) is 5.43 Å². The molecule has 0 aliphatic heterocycles. The van der Waals surface area contributed by atoms with Gasteiger partial charge in [-0.2, -0.15) is 5.10 Å². The van der Waals surface area contributed by atoms with Gasteiger partial charge in [-0.25, -0.2) is 5.43 Å². The zero-order valence-corrected chi connectivity index (χ0v) is 13.5. The predicted octanol–water partition coefficient (Wildman–Crippen LogP) is 4.91. The van der Waals surface area contributed by atoms with Crippen molar-refractivity contribution in [3.05, 3.63) is 81.8 Å². The van der Waals surface area contributed by atoms with E-state index < -0.39 is 0 Å². The lowest BCUT2D eigenvalue weighted by molar-refractivity contribution is 0.0957. The van der Waals surface area contributed by atoms with Gasteiger partial charge in [0.1, 0.15) is 0 Å². The summed E-state index contributed by atoms with van der Waals surface area (Å²) >= 11 is 12.0. The monoisotopic (exact) mass is 342 g/mol. The highest BCUT2D eigenvalue weighted by Gasteiger charge is 2.08. The summed E-state index contributed by atoms with van der Waals surface area (Å²) < 4.78 is 0. The minimum atomic E-state index is -0.281. The first-order valence-electron chi connectivity index (χ1n) is 6.92. The first-order valence-corrected chi connectivity index (χ1v) is 7.67. The lowest BCUT2D eigenvalue weighted by Gasteiger charge is -2.05. The second-order valence-electron chi connectivity index (χ2n) is 4.87. The van der Waals surface area contributed by atoms with Gasteiger partial charge < -0.3 is 0 Å². The number of hydrogen-bond donors (Lipinski definition) is 1.